The number of hydrogen-bond acceptors (Lipinski definition) is 2. The first-order valence-electron chi connectivity index (χ1n) is 3.06. The molecule has 1 heterocycles. The van der Waals surface area contributed by atoms with E-state index in [2.05, 4.69) is 27.9 Å². The molecule has 1 aliphatic rings. The molecule has 0 bridgehead atoms. The molecule has 0 spiro atoms. The molecule has 0 amide bonds. The molecule has 1 saturated heterocycles. The predicted octanol–water partition coefficient (Wildman–Crippen LogP) is 1.09. The topological polar surface area (TPSA) is 29.1 Å². The Morgan fingerprint density at radius 3 is 2.78 bits per heavy atom. The second-order valence-corrected chi connectivity index (χ2v) is 4.97. The largest absolute Gasteiger partial charge is 0.302 e. The standard InChI is InChI=1S/C6H10INO/c1-6(7)4-5(9)2-3-8-6/h8H,2-4H2,1H3. The van der Waals surface area contributed by atoms with Gasteiger partial charge in [-0.3, -0.25) is 4.79 Å². The molecule has 1 N–H and O–H groups in total. The van der Waals surface area contributed by atoms with E-state index in [1.54, 1.807) is 0 Å². The van der Waals surface area contributed by atoms with Gasteiger partial charge in [0, 0.05) is 19.4 Å². The van der Waals surface area contributed by atoms with Crippen LogP contribution in [0.2, 0.25) is 0 Å². The van der Waals surface area contributed by atoms with Crippen molar-refractivity contribution in [3.63, 3.8) is 0 Å². The zero-order valence-corrected chi connectivity index (χ0v) is 7.57. The molecular weight excluding hydrogens is 229 g/mol. The van der Waals surface area contributed by atoms with Crippen LogP contribution in [0.3, 0.4) is 0 Å². The molecule has 1 rings (SSSR count). The Kier molecular flexibility index (Phi) is 2.10. The van der Waals surface area contributed by atoms with Gasteiger partial charge in [0.05, 0.1) is 3.55 Å². The molecule has 0 aromatic heterocycles. The van der Waals surface area contributed by atoms with Gasteiger partial charge in [0.15, 0.2) is 0 Å². The van der Waals surface area contributed by atoms with Crippen molar-refractivity contribution in [2.75, 3.05) is 6.54 Å². The van der Waals surface area contributed by atoms with Gasteiger partial charge >= 0.3 is 0 Å². The Morgan fingerprint density at radius 1 is 1.78 bits per heavy atom. The summed E-state index contributed by atoms with van der Waals surface area (Å²) in [7, 11) is 0. The van der Waals surface area contributed by atoms with Crippen molar-refractivity contribution >= 4 is 28.4 Å². The van der Waals surface area contributed by atoms with Gasteiger partial charge in [0.2, 0.25) is 0 Å². The molecule has 3 heteroatoms. The Balaban J connectivity index is 2.51. The van der Waals surface area contributed by atoms with Crippen LogP contribution in [0, 0.1) is 0 Å². The molecule has 1 atom stereocenters. The van der Waals surface area contributed by atoms with Crippen LogP contribution in [0.15, 0.2) is 0 Å². The fraction of sp³-hybridized carbons (Fsp3) is 0.833. The van der Waals surface area contributed by atoms with Crippen molar-refractivity contribution in [3.05, 3.63) is 0 Å². The highest BCUT2D eigenvalue weighted by atomic mass is 127. The fourth-order valence-electron chi connectivity index (χ4n) is 0.984. The number of Topliss-reactive ketones (excluding diaryl/α,β-unsaturated/α-hetero) is 1. The van der Waals surface area contributed by atoms with Crippen LogP contribution in [-0.4, -0.2) is 15.9 Å². The highest BCUT2D eigenvalue weighted by molar-refractivity contribution is 14.1. The number of halogens is 1. The van der Waals surface area contributed by atoms with Crippen LogP contribution in [0.1, 0.15) is 19.8 Å². The minimum absolute atomic E-state index is 0.0209. The van der Waals surface area contributed by atoms with E-state index in [0.29, 0.717) is 18.6 Å². The van der Waals surface area contributed by atoms with Crippen molar-refractivity contribution in [3.8, 4) is 0 Å². The number of carbonyl (C=O) groups excluding carboxylic acids is 1. The number of piperidine rings is 1. The zero-order valence-electron chi connectivity index (χ0n) is 5.41. The second-order valence-electron chi connectivity index (χ2n) is 2.59. The van der Waals surface area contributed by atoms with Crippen LogP contribution < -0.4 is 5.32 Å². The third-order valence-corrected chi connectivity index (χ3v) is 2.19. The van der Waals surface area contributed by atoms with E-state index >= 15 is 0 Å². The molecule has 1 aliphatic heterocycles. The molecule has 0 aromatic carbocycles. The smallest absolute Gasteiger partial charge is 0.136 e. The molecule has 0 radical (unpaired) electrons. The van der Waals surface area contributed by atoms with E-state index < -0.39 is 0 Å². The number of ketones is 1. The fourth-order valence-corrected chi connectivity index (χ4v) is 1.68. The summed E-state index contributed by atoms with van der Waals surface area (Å²) < 4.78 is 0.0209. The minimum atomic E-state index is 0.0209. The Hall–Kier alpha value is 0.360. The van der Waals surface area contributed by atoms with E-state index in [1.165, 1.54) is 0 Å². The van der Waals surface area contributed by atoms with Gasteiger partial charge in [0.1, 0.15) is 5.78 Å². The lowest BCUT2D eigenvalue weighted by atomic mass is 10.1. The number of alkyl halides is 1. The lowest BCUT2D eigenvalue weighted by Crippen LogP contribution is -2.43. The summed E-state index contributed by atoms with van der Waals surface area (Å²) in [5.41, 5.74) is 0. The number of carbonyl (C=O) groups is 1. The van der Waals surface area contributed by atoms with E-state index in [4.69, 9.17) is 0 Å². The second kappa shape index (κ2) is 2.54. The average molecular weight is 239 g/mol. The van der Waals surface area contributed by atoms with Crippen LogP contribution in [0.25, 0.3) is 0 Å². The van der Waals surface area contributed by atoms with Crippen LogP contribution in [-0.2, 0) is 4.79 Å². The van der Waals surface area contributed by atoms with E-state index in [0.717, 1.165) is 6.54 Å². The lowest BCUT2D eigenvalue weighted by molar-refractivity contribution is -0.120. The normalized spacial score (nSPS) is 36.9. The van der Waals surface area contributed by atoms with Gasteiger partial charge in [0.25, 0.3) is 0 Å². The monoisotopic (exact) mass is 239 g/mol. The summed E-state index contributed by atoms with van der Waals surface area (Å²) in [5, 5.41) is 3.25. The third-order valence-electron chi connectivity index (χ3n) is 1.43. The van der Waals surface area contributed by atoms with Gasteiger partial charge in [-0.15, -0.1) is 0 Å². The van der Waals surface area contributed by atoms with Crippen LogP contribution in [0.4, 0.5) is 0 Å². The molecular formula is C6H10INO. The SMILES string of the molecule is CC1(I)CC(=O)CCN1. The maximum Gasteiger partial charge on any atom is 0.136 e. The van der Waals surface area contributed by atoms with Gasteiger partial charge in [-0.05, 0) is 6.92 Å². The maximum atomic E-state index is 10.8. The summed E-state index contributed by atoms with van der Waals surface area (Å²) in [6, 6.07) is 0. The summed E-state index contributed by atoms with van der Waals surface area (Å²) in [6.45, 7) is 2.89. The summed E-state index contributed by atoms with van der Waals surface area (Å²) in [4.78, 5) is 10.8. The quantitative estimate of drug-likeness (QED) is 0.389. The van der Waals surface area contributed by atoms with Crippen molar-refractivity contribution in [1.29, 1.82) is 0 Å². The molecule has 1 fully saturated rings. The molecule has 52 valence electrons. The van der Waals surface area contributed by atoms with Crippen LogP contribution >= 0.6 is 22.6 Å². The summed E-state index contributed by atoms with van der Waals surface area (Å²) in [6.07, 6.45) is 1.38. The minimum Gasteiger partial charge on any atom is -0.302 e. The molecule has 2 nitrogen and oxygen atoms in total. The van der Waals surface area contributed by atoms with Gasteiger partial charge < -0.3 is 5.32 Å². The summed E-state index contributed by atoms with van der Waals surface area (Å²) in [5.74, 6) is 0.380. The van der Waals surface area contributed by atoms with Crippen molar-refractivity contribution in [1.82, 2.24) is 5.32 Å². The first kappa shape index (κ1) is 7.47. The Bertz CT molecular complexity index is 133. The Morgan fingerprint density at radius 2 is 2.44 bits per heavy atom. The molecule has 0 saturated carbocycles. The third kappa shape index (κ3) is 2.21. The molecule has 9 heavy (non-hydrogen) atoms. The van der Waals surface area contributed by atoms with E-state index in [1.807, 2.05) is 6.92 Å². The first-order valence-corrected chi connectivity index (χ1v) is 4.14. The van der Waals surface area contributed by atoms with Gasteiger partial charge in [-0.2, -0.15) is 0 Å². The molecule has 0 aromatic rings. The van der Waals surface area contributed by atoms with E-state index in [9.17, 15) is 4.79 Å². The number of hydrogen-bond donors (Lipinski definition) is 1. The Labute approximate surface area is 68.5 Å². The molecule has 1 unspecified atom stereocenters. The van der Waals surface area contributed by atoms with Crippen molar-refractivity contribution in [2.45, 2.75) is 23.3 Å². The highest BCUT2D eigenvalue weighted by Crippen LogP contribution is 2.22. The zero-order chi connectivity index (χ0) is 6.91. The maximum absolute atomic E-state index is 10.8. The van der Waals surface area contributed by atoms with Crippen molar-refractivity contribution in [2.24, 2.45) is 0 Å². The van der Waals surface area contributed by atoms with Gasteiger partial charge in [-0.1, -0.05) is 22.6 Å². The van der Waals surface area contributed by atoms with E-state index in [-0.39, 0.29) is 3.55 Å². The predicted molar refractivity (Wildman–Crippen MR) is 44.7 cm³/mol. The van der Waals surface area contributed by atoms with Crippen molar-refractivity contribution < 1.29 is 4.79 Å². The lowest BCUT2D eigenvalue weighted by Gasteiger charge is -2.27. The average Bonchev–Trinajstić information content (AvgIpc) is 1.60. The highest BCUT2D eigenvalue weighted by Gasteiger charge is 2.26. The summed E-state index contributed by atoms with van der Waals surface area (Å²) >= 11 is 2.27. The number of nitrogens with one attached hydrogen (secondary N) is 1. The molecule has 0 aliphatic carbocycles. The van der Waals surface area contributed by atoms with Crippen LogP contribution in [0.5, 0.6) is 0 Å². The van der Waals surface area contributed by atoms with Gasteiger partial charge in [-0.25, -0.2) is 0 Å². The number of rotatable bonds is 0. The first-order chi connectivity index (χ1) is 4.10.